The Kier molecular flexibility index (Phi) is 8.45. The zero-order chi connectivity index (χ0) is 21.4. The van der Waals surface area contributed by atoms with Gasteiger partial charge < -0.3 is 10.6 Å². The summed E-state index contributed by atoms with van der Waals surface area (Å²) in [4.78, 5) is 25.6. The lowest BCUT2D eigenvalue weighted by molar-refractivity contribution is -0.128. The van der Waals surface area contributed by atoms with Crippen molar-refractivity contribution in [1.82, 2.24) is 10.6 Å². The second-order valence-electron chi connectivity index (χ2n) is 8.60. The summed E-state index contributed by atoms with van der Waals surface area (Å²) in [7, 11) is 0. The highest BCUT2D eigenvalue weighted by Gasteiger charge is 2.21. The van der Waals surface area contributed by atoms with Crippen LogP contribution in [0.25, 0.3) is 0 Å². The minimum absolute atomic E-state index is 0.000546. The molecule has 0 fully saturated rings. The first-order valence-corrected chi connectivity index (χ1v) is 11.3. The summed E-state index contributed by atoms with van der Waals surface area (Å²) >= 11 is 1.65. The van der Waals surface area contributed by atoms with Gasteiger partial charge >= 0.3 is 0 Å². The summed E-state index contributed by atoms with van der Waals surface area (Å²) in [5.74, 6) is 0.539. The first-order valence-electron chi connectivity index (χ1n) is 10.4. The highest BCUT2D eigenvalue weighted by atomic mass is 32.1. The van der Waals surface area contributed by atoms with Crippen LogP contribution in [0.3, 0.4) is 0 Å². The van der Waals surface area contributed by atoms with E-state index in [4.69, 9.17) is 0 Å². The first kappa shape index (κ1) is 23.1. The summed E-state index contributed by atoms with van der Waals surface area (Å²) in [6.45, 7) is 10.6. The lowest BCUT2D eigenvalue weighted by Gasteiger charge is -2.20. The van der Waals surface area contributed by atoms with E-state index in [1.807, 2.05) is 32.2 Å². The van der Waals surface area contributed by atoms with Gasteiger partial charge in [-0.15, -0.1) is 11.3 Å². The van der Waals surface area contributed by atoms with Gasteiger partial charge in [0.1, 0.15) is 0 Å². The van der Waals surface area contributed by atoms with Gasteiger partial charge in [-0.3, -0.25) is 9.59 Å². The second kappa shape index (κ2) is 10.6. The van der Waals surface area contributed by atoms with Crippen molar-refractivity contribution in [2.75, 3.05) is 6.54 Å². The number of hydrogen-bond acceptors (Lipinski definition) is 3. The molecule has 1 heterocycles. The van der Waals surface area contributed by atoms with E-state index in [-0.39, 0.29) is 17.9 Å². The standard InChI is InChI=1S/C24H34N2O2S/c1-6-17(2)18-11-13-19(14-12-18)22(20-9-8-16-29-20)26-21(27)10-7-15-25-23(28)24(3,4)5/h8-9,11-14,16-17,22H,6-7,10,15H2,1-5H3,(H,25,28)(H,26,27). The average molecular weight is 415 g/mol. The number of thiophene rings is 1. The molecule has 0 saturated carbocycles. The smallest absolute Gasteiger partial charge is 0.225 e. The fourth-order valence-corrected chi connectivity index (χ4v) is 3.78. The lowest BCUT2D eigenvalue weighted by atomic mass is 9.95. The molecule has 0 saturated heterocycles. The SMILES string of the molecule is CCC(C)c1ccc(C(NC(=O)CCCNC(=O)C(C)(C)C)c2cccs2)cc1. The summed E-state index contributed by atoms with van der Waals surface area (Å²) in [5, 5.41) is 8.10. The van der Waals surface area contributed by atoms with E-state index >= 15 is 0 Å². The molecule has 0 radical (unpaired) electrons. The quantitative estimate of drug-likeness (QED) is 0.539. The number of carbonyl (C=O) groups excluding carboxylic acids is 2. The molecule has 4 nitrogen and oxygen atoms in total. The predicted molar refractivity (Wildman–Crippen MR) is 121 cm³/mol. The Morgan fingerprint density at radius 2 is 1.72 bits per heavy atom. The van der Waals surface area contributed by atoms with Crippen LogP contribution in [0, 0.1) is 5.41 Å². The molecular formula is C24H34N2O2S. The van der Waals surface area contributed by atoms with Crippen LogP contribution in [-0.4, -0.2) is 18.4 Å². The van der Waals surface area contributed by atoms with Crippen molar-refractivity contribution in [2.24, 2.45) is 5.41 Å². The molecule has 0 aliphatic heterocycles. The molecule has 0 spiro atoms. The van der Waals surface area contributed by atoms with Gasteiger partial charge in [-0.1, -0.05) is 65.0 Å². The average Bonchev–Trinajstić information content (AvgIpc) is 3.22. The van der Waals surface area contributed by atoms with Crippen molar-refractivity contribution < 1.29 is 9.59 Å². The normalized spacial score (nSPS) is 13.6. The van der Waals surface area contributed by atoms with Crippen LogP contribution in [0.2, 0.25) is 0 Å². The molecule has 2 N–H and O–H groups in total. The van der Waals surface area contributed by atoms with Crippen molar-refractivity contribution in [1.29, 1.82) is 0 Å². The molecule has 2 atom stereocenters. The Bertz CT molecular complexity index is 776. The van der Waals surface area contributed by atoms with Gasteiger partial charge in [0.05, 0.1) is 6.04 Å². The fraction of sp³-hybridized carbons (Fsp3) is 0.500. The van der Waals surface area contributed by atoms with Crippen molar-refractivity contribution in [3.63, 3.8) is 0 Å². The molecule has 2 amide bonds. The molecule has 2 aromatic rings. The number of carbonyl (C=O) groups is 2. The Morgan fingerprint density at radius 1 is 1.07 bits per heavy atom. The van der Waals surface area contributed by atoms with Crippen LogP contribution in [0.1, 0.15) is 81.8 Å². The van der Waals surface area contributed by atoms with Crippen LogP contribution >= 0.6 is 11.3 Å². The molecule has 2 unspecified atom stereocenters. The zero-order valence-electron chi connectivity index (χ0n) is 18.2. The Balaban J connectivity index is 1.97. The minimum Gasteiger partial charge on any atom is -0.356 e. The van der Waals surface area contributed by atoms with Crippen LogP contribution in [0.15, 0.2) is 41.8 Å². The van der Waals surface area contributed by atoms with Crippen molar-refractivity contribution in [3.05, 3.63) is 57.8 Å². The number of rotatable bonds is 9. The third-order valence-electron chi connectivity index (χ3n) is 5.13. The van der Waals surface area contributed by atoms with Crippen molar-refractivity contribution >= 4 is 23.2 Å². The molecule has 0 aliphatic carbocycles. The van der Waals surface area contributed by atoms with E-state index in [0.717, 1.165) is 16.9 Å². The monoisotopic (exact) mass is 414 g/mol. The van der Waals surface area contributed by atoms with Gasteiger partial charge in [0.15, 0.2) is 0 Å². The van der Waals surface area contributed by atoms with Crippen LogP contribution in [0.4, 0.5) is 0 Å². The van der Waals surface area contributed by atoms with E-state index in [2.05, 4.69) is 54.8 Å². The molecule has 2 rings (SSSR count). The number of nitrogens with one attached hydrogen (secondary N) is 2. The Hall–Kier alpha value is -2.14. The highest BCUT2D eigenvalue weighted by Crippen LogP contribution is 2.28. The van der Waals surface area contributed by atoms with Gasteiger partial charge in [0.2, 0.25) is 11.8 Å². The molecule has 29 heavy (non-hydrogen) atoms. The van der Waals surface area contributed by atoms with Gasteiger partial charge in [0.25, 0.3) is 0 Å². The minimum atomic E-state index is -0.409. The van der Waals surface area contributed by atoms with Crippen LogP contribution in [-0.2, 0) is 9.59 Å². The maximum absolute atomic E-state index is 12.6. The van der Waals surface area contributed by atoms with Crippen molar-refractivity contribution in [2.45, 2.75) is 65.8 Å². The summed E-state index contributed by atoms with van der Waals surface area (Å²) in [6, 6.07) is 12.5. The van der Waals surface area contributed by atoms with E-state index in [1.165, 1.54) is 5.56 Å². The summed E-state index contributed by atoms with van der Waals surface area (Å²) in [5.41, 5.74) is 2.00. The molecule has 158 valence electrons. The number of hydrogen-bond donors (Lipinski definition) is 2. The largest absolute Gasteiger partial charge is 0.356 e. The zero-order valence-corrected chi connectivity index (χ0v) is 19.1. The highest BCUT2D eigenvalue weighted by molar-refractivity contribution is 7.10. The van der Waals surface area contributed by atoms with Crippen LogP contribution < -0.4 is 10.6 Å². The third-order valence-corrected chi connectivity index (χ3v) is 6.07. The van der Waals surface area contributed by atoms with E-state index in [9.17, 15) is 9.59 Å². The van der Waals surface area contributed by atoms with Crippen molar-refractivity contribution in [3.8, 4) is 0 Å². The maximum atomic E-state index is 12.6. The number of amides is 2. The molecule has 0 bridgehead atoms. The van der Waals surface area contributed by atoms with E-state index < -0.39 is 5.41 Å². The Morgan fingerprint density at radius 3 is 2.28 bits per heavy atom. The molecular weight excluding hydrogens is 380 g/mol. The van der Waals surface area contributed by atoms with E-state index in [1.54, 1.807) is 11.3 Å². The molecule has 1 aromatic heterocycles. The predicted octanol–water partition coefficient (Wildman–Crippen LogP) is 5.41. The molecule has 1 aromatic carbocycles. The number of benzene rings is 1. The lowest BCUT2D eigenvalue weighted by Crippen LogP contribution is -2.36. The van der Waals surface area contributed by atoms with E-state index in [0.29, 0.717) is 25.3 Å². The molecule has 0 aliphatic rings. The topological polar surface area (TPSA) is 58.2 Å². The molecule has 5 heteroatoms. The third kappa shape index (κ3) is 7.00. The maximum Gasteiger partial charge on any atom is 0.225 e. The Labute approximate surface area is 179 Å². The summed E-state index contributed by atoms with van der Waals surface area (Å²) < 4.78 is 0. The summed E-state index contributed by atoms with van der Waals surface area (Å²) in [6.07, 6.45) is 2.12. The van der Waals surface area contributed by atoms with Crippen LogP contribution in [0.5, 0.6) is 0 Å². The second-order valence-corrected chi connectivity index (χ2v) is 9.58. The van der Waals surface area contributed by atoms with Gasteiger partial charge in [-0.05, 0) is 41.3 Å². The van der Waals surface area contributed by atoms with Gasteiger partial charge in [0, 0.05) is 23.3 Å². The fourth-order valence-electron chi connectivity index (χ4n) is 2.98. The van der Waals surface area contributed by atoms with Gasteiger partial charge in [-0.25, -0.2) is 0 Å². The first-order chi connectivity index (χ1) is 13.7. The van der Waals surface area contributed by atoms with Gasteiger partial charge in [-0.2, -0.15) is 0 Å².